The first-order valence-electron chi connectivity index (χ1n) is 6.48. The van der Waals surface area contributed by atoms with Crippen LogP contribution in [0, 0.1) is 5.92 Å². The van der Waals surface area contributed by atoms with Crippen molar-refractivity contribution in [1.82, 2.24) is 0 Å². The predicted octanol–water partition coefficient (Wildman–Crippen LogP) is 3.21. The van der Waals surface area contributed by atoms with E-state index >= 15 is 0 Å². The molecule has 0 aromatic heterocycles. The molecule has 0 amide bonds. The number of Topliss-reactive ketones (excluding diaryl/α,β-unsaturated/α-hetero) is 1. The molecule has 0 aromatic rings. The molecule has 0 N–H and O–H groups in total. The average Bonchev–Trinajstić information content (AvgIpc) is 2.13. The van der Waals surface area contributed by atoms with E-state index in [0.29, 0.717) is 18.9 Å². The highest BCUT2D eigenvalue weighted by Gasteiger charge is 2.20. The maximum Gasteiger partial charge on any atom is 0.132 e. The van der Waals surface area contributed by atoms with Gasteiger partial charge >= 0.3 is 0 Å². The molecule has 3 heteroatoms. The van der Waals surface area contributed by atoms with Gasteiger partial charge in [0.1, 0.15) is 5.78 Å². The van der Waals surface area contributed by atoms with Gasteiger partial charge in [-0.2, -0.15) is 0 Å². The van der Waals surface area contributed by atoms with E-state index in [1.807, 2.05) is 20.8 Å². The first-order chi connectivity index (χ1) is 7.73. The molecule has 0 saturated carbocycles. The Hall–Kier alpha value is -0.410. The fraction of sp³-hybridized carbons (Fsp3) is 0.929. The van der Waals surface area contributed by atoms with Crippen LogP contribution in [-0.4, -0.2) is 30.7 Å². The fourth-order valence-corrected chi connectivity index (χ4v) is 1.42. The lowest BCUT2D eigenvalue weighted by atomic mass is 10.1. The zero-order chi connectivity index (χ0) is 13.5. The van der Waals surface area contributed by atoms with E-state index < -0.39 is 0 Å². The van der Waals surface area contributed by atoms with Crippen molar-refractivity contribution in [3.05, 3.63) is 0 Å². The maximum atomic E-state index is 10.9. The summed E-state index contributed by atoms with van der Waals surface area (Å²) in [7, 11) is 0. The van der Waals surface area contributed by atoms with Crippen molar-refractivity contribution in [2.45, 2.75) is 66.1 Å². The molecule has 0 bridgehead atoms. The highest BCUT2D eigenvalue weighted by molar-refractivity contribution is 5.75. The quantitative estimate of drug-likeness (QED) is 0.625. The van der Waals surface area contributed by atoms with Crippen LogP contribution in [0.4, 0.5) is 0 Å². The third-order valence-corrected chi connectivity index (χ3v) is 2.48. The van der Waals surface area contributed by atoms with Gasteiger partial charge in [-0.05, 0) is 40.0 Å². The summed E-state index contributed by atoms with van der Waals surface area (Å²) >= 11 is 0. The van der Waals surface area contributed by atoms with Crippen LogP contribution in [0.5, 0.6) is 0 Å². The smallest absolute Gasteiger partial charge is 0.132 e. The number of hydrogen-bond acceptors (Lipinski definition) is 3. The van der Waals surface area contributed by atoms with Crippen LogP contribution >= 0.6 is 0 Å². The second kappa shape index (κ2) is 7.83. The molecule has 0 saturated heterocycles. The summed E-state index contributed by atoms with van der Waals surface area (Å²) < 4.78 is 11.4. The van der Waals surface area contributed by atoms with E-state index in [1.54, 1.807) is 6.92 Å². The van der Waals surface area contributed by atoms with Gasteiger partial charge in [-0.15, -0.1) is 0 Å². The SMILES string of the molecule is CC(=O)CC(C)OCC(C)(C)OCCC(C)C. The lowest BCUT2D eigenvalue weighted by Gasteiger charge is -2.27. The van der Waals surface area contributed by atoms with E-state index in [2.05, 4.69) is 13.8 Å². The molecule has 1 unspecified atom stereocenters. The summed E-state index contributed by atoms with van der Waals surface area (Å²) in [6, 6.07) is 0. The number of hydrogen-bond donors (Lipinski definition) is 0. The van der Waals surface area contributed by atoms with Crippen molar-refractivity contribution in [3.8, 4) is 0 Å². The molecule has 3 nitrogen and oxygen atoms in total. The van der Waals surface area contributed by atoms with Crippen LogP contribution in [0.15, 0.2) is 0 Å². The van der Waals surface area contributed by atoms with Crippen molar-refractivity contribution in [1.29, 1.82) is 0 Å². The Morgan fingerprint density at radius 2 is 1.82 bits per heavy atom. The molecular formula is C14H28O3. The Kier molecular flexibility index (Phi) is 7.64. The minimum absolute atomic E-state index is 0.0273. The van der Waals surface area contributed by atoms with Crippen molar-refractivity contribution in [3.63, 3.8) is 0 Å². The first-order valence-corrected chi connectivity index (χ1v) is 6.48. The zero-order valence-electron chi connectivity index (χ0n) is 12.2. The summed E-state index contributed by atoms with van der Waals surface area (Å²) in [5.41, 5.74) is -0.278. The van der Waals surface area contributed by atoms with Crippen molar-refractivity contribution in [2.75, 3.05) is 13.2 Å². The Morgan fingerprint density at radius 3 is 2.29 bits per heavy atom. The summed E-state index contributed by atoms with van der Waals surface area (Å²) in [5.74, 6) is 0.819. The number of carbonyl (C=O) groups excluding carboxylic acids is 1. The summed E-state index contributed by atoms with van der Waals surface area (Å²) in [5, 5.41) is 0. The predicted molar refractivity (Wildman–Crippen MR) is 70.2 cm³/mol. The van der Waals surface area contributed by atoms with E-state index in [0.717, 1.165) is 13.0 Å². The van der Waals surface area contributed by atoms with Crippen LogP contribution in [0.1, 0.15) is 54.4 Å². The Balaban J connectivity index is 3.80. The monoisotopic (exact) mass is 244 g/mol. The van der Waals surface area contributed by atoms with Gasteiger partial charge in [0.2, 0.25) is 0 Å². The van der Waals surface area contributed by atoms with E-state index in [9.17, 15) is 4.79 Å². The molecule has 0 aliphatic heterocycles. The number of rotatable bonds is 9. The third kappa shape index (κ3) is 10.5. The molecule has 0 aromatic carbocycles. The van der Waals surface area contributed by atoms with Crippen LogP contribution < -0.4 is 0 Å². The zero-order valence-corrected chi connectivity index (χ0v) is 12.2. The molecule has 0 rings (SSSR count). The molecule has 0 aliphatic rings. The lowest BCUT2D eigenvalue weighted by Crippen LogP contribution is -2.33. The molecule has 0 heterocycles. The second-order valence-electron chi connectivity index (χ2n) is 5.82. The summed E-state index contributed by atoms with van der Waals surface area (Å²) in [6.45, 7) is 13.2. The lowest BCUT2D eigenvalue weighted by molar-refractivity contribution is -0.123. The highest BCUT2D eigenvalue weighted by Crippen LogP contribution is 2.13. The summed E-state index contributed by atoms with van der Waals surface area (Å²) in [4.78, 5) is 10.9. The van der Waals surface area contributed by atoms with Gasteiger partial charge in [-0.3, -0.25) is 4.79 Å². The van der Waals surface area contributed by atoms with Crippen LogP contribution in [0.25, 0.3) is 0 Å². The number of ketones is 1. The molecule has 102 valence electrons. The van der Waals surface area contributed by atoms with Gasteiger partial charge in [0.05, 0.1) is 18.3 Å². The van der Waals surface area contributed by atoms with Crippen molar-refractivity contribution in [2.24, 2.45) is 5.92 Å². The van der Waals surface area contributed by atoms with Crippen molar-refractivity contribution < 1.29 is 14.3 Å². The van der Waals surface area contributed by atoms with Gasteiger partial charge in [-0.1, -0.05) is 13.8 Å². The first kappa shape index (κ1) is 16.6. The van der Waals surface area contributed by atoms with E-state index in [4.69, 9.17) is 9.47 Å². The topological polar surface area (TPSA) is 35.5 Å². The molecular weight excluding hydrogens is 216 g/mol. The Labute approximate surface area is 106 Å². The van der Waals surface area contributed by atoms with Gasteiger partial charge in [-0.25, -0.2) is 0 Å². The van der Waals surface area contributed by atoms with Crippen LogP contribution in [0.3, 0.4) is 0 Å². The van der Waals surface area contributed by atoms with Crippen LogP contribution in [-0.2, 0) is 14.3 Å². The van der Waals surface area contributed by atoms with Gasteiger partial charge < -0.3 is 9.47 Å². The van der Waals surface area contributed by atoms with Gasteiger partial charge in [0, 0.05) is 13.0 Å². The average molecular weight is 244 g/mol. The number of carbonyl (C=O) groups is 1. The Bertz CT molecular complexity index is 222. The number of ether oxygens (including phenoxy) is 2. The highest BCUT2D eigenvalue weighted by atomic mass is 16.5. The molecule has 1 atom stereocenters. The van der Waals surface area contributed by atoms with Gasteiger partial charge in [0.25, 0.3) is 0 Å². The van der Waals surface area contributed by atoms with Gasteiger partial charge in [0.15, 0.2) is 0 Å². The van der Waals surface area contributed by atoms with E-state index in [1.165, 1.54) is 0 Å². The minimum atomic E-state index is -0.278. The van der Waals surface area contributed by atoms with Crippen LogP contribution in [0.2, 0.25) is 0 Å². The second-order valence-corrected chi connectivity index (χ2v) is 5.82. The molecule has 0 spiro atoms. The summed E-state index contributed by atoms with van der Waals surface area (Å²) in [6.07, 6.45) is 1.51. The molecule has 0 aliphatic carbocycles. The third-order valence-electron chi connectivity index (χ3n) is 2.48. The minimum Gasteiger partial charge on any atom is -0.375 e. The standard InChI is InChI=1S/C14H28O3/c1-11(2)7-8-17-14(5,6)10-16-13(4)9-12(3)15/h11,13H,7-10H2,1-6H3. The molecule has 17 heavy (non-hydrogen) atoms. The maximum absolute atomic E-state index is 10.9. The van der Waals surface area contributed by atoms with Crippen molar-refractivity contribution >= 4 is 5.78 Å². The van der Waals surface area contributed by atoms with E-state index in [-0.39, 0.29) is 17.5 Å². The fourth-order valence-electron chi connectivity index (χ4n) is 1.42. The Morgan fingerprint density at radius 1 is 1.24 bits per heavy atom. The molecule has 0 radical (unpaired) electrons. The molecule has 0 fully saturated rings. The largest absolute Gasteiger partial charge is 0.375 e. The normalized spacial score (nSPS) is 14.1.